The molecule has 1 atom stereocenters. The highest BCUT2D eigenvalue weighted by Gasteiger charge is 2.23. The Bertz CT molecular complexity index is 724. The maximum absolute atomic E-state index is 12.8. The molecule has 1 aromatic heterocycles. The van der Waals surface area contributed by atoms with Crippen LogP contribution in [-0.2, 0) is 4.79 Å². The van der Waals surface area contributed by atoms with Crippen LogP contribution in [0.5, 0.6) is 0 Å². The number of hydrogen-bond acceptors (Lipinski definition) is 6. The molecule has 0 radical (unpaired) electrons. The number of aromatic nitrogens is 2. The van der Waals surface area contributed by atoms with Gasteiger partial charge in [0, 0.05) is 24.0 Å². The van der Waals surface area contributed by atoms with E-state index in [1.54, 1.807) is 17.9 Å². The Morgan fingerprint density at radius 2 is 2.08 bits per heavy atom. The number of hydrogen-bond donors (Lipinski definition) is 1. The normalized spacial score (nSPS) is 11.5. The van der Waals surface area contributed by atoms with Crippen molar-refractivity contribution in [3.63, 3.8) is 0 Å². The van der Waals surface area contributed by atoms with Gasteiger partial charge in [-0.3, -0.25) is 4.79 Å². The molecule has 1 aromatic carbocycles. The van der Waals surface area contributed by atoms with E-state index >= 15 is 0 Å². The summed E-state index contributed by atoms with van der Waals surface area (Å²) in [6.07, 6.45) is 0.270. The number of para-hydroxylation sites is 1. The van der Waals surface area contributed by atoms with Gasteiger partial charge in [-0.1, -0.05) is 30.0 Å². The predicted octanol–water partition coefficient (Wildman–Crippen LogP) is 2.79. The summed E-state index contributed by atoms with van der Waals surface area (Å²) in [7, 11) is 0. The minimum atomic E-state index is -0.398. The van der Waals surface area contributed by atoms with Crippen molar-refractivity contribution in [3.05, 3.63) is 42.1 Å². The Balaban J connectivity index is 2.17. The molecule has 7 heteroatoms. The number of nitrogens with two attached hydrogens (primary N) is 1. The zero-order valence-corrected chi connectivity index (χ0v) is 14.5. The molecule has 2 N–H and O–H groups in total. The SMILES string of the molecule is Cc1cc(N)nc(SC(C)C(=O)N(CCC#N)c2ccccc2)n1. The van der Waals surface area contributed by atoms with Crippen molar-refractivity contribution in [2.45, 2.75) is 30.7 Å². The topological polar surface area (TPSA) is 95.9 Å². The van der Waals surface area contributed by atoms with Crippen molar-refractivity contribution in [1.82, 2.24) is 9.97 Å². The largest absolute Gasteiger partial charge is 0.384 e. The molecule has 0 aliphatic carbocycles. The number of carbonyl (C=O) groups is 1. The molecule has 0 aliphatic rings. The summed E-state index contributed by atoms with van der Waals surface area (Å²) in [4.78, 5) is 22.9. The van der Waals surface area contributed by atoms with Gasteiger partial charge in [0.15, 0.2) is 5.16 Å². The molecular weight excluding hydrogens is 322 g/mol. The van der Waals surface area contributed by atoms with Crippen LogP contribution in [0.1, 0.15) is 19.0 Å². The summed E-state index contributed by atoms with van der Waals surface area (Å²) >= 11 is 1.26. The monoisotopic (exact) mass is 341 g/mol. The molecule has 6 nitrogen and oxygen atoms in total. The van der Waals surface area contributed by atoms with Crippen LogP contribution in [0.25, 0.3) is 0 Å². The highest BCUT2D eigenvalue weighted by atomic mass is 32.2. The van der Waals surface area contributed by atoms with Crippen LogP contribution in [-0.4, -0.2) is 27.7 Å². The molecule has 0 fully saturated rings. The maximum Gasteiger partial charge on any atom is 0.240 e. The number of aryl methyl sites for hydroxylation is 1. The Labute approximate surface area is 145 Å². The summed E-state index contributed by atoms with van der Waals surface area (Å²) in [5, 5.41) is 8.93. The van der Waals surface area contributed by atoms with Crippen molar-refractivity contribution >= 4 is 29.2 Å². The summed E-state index contributed by atoms with van der Waals surface area (Å²) in [5.74, 6) is 0.291. The van der Waals surface area contributed by atoms with Gasteiger partial charge in [-0.05, 0) is 26.0 Å². The molecule has 1 amide bonds. The van der Waals surface area contributed by atoms with Crippen LogP contribution in [0.4, 0.5) is 11.5 Å². The lowest BCUT2D eigenvalue weighted by molar-refractivity contribution is -0.117. The highest BCUT2D eigenvalue weighted by Crippen LogP contribution is 2.24. The number of benzene rings is 1. The van der Waals surface area contributed by atoms with Gasteiger partial charge < -0.3 is 10.6 Å². The standard InChI is InChI=1S/C17H19N5OS/c1-12-11-15(19)21-17(20-12)24-13(2)16(23)22(10-6-9-18)14-7-4-3-5-8-14/h3-5,7-8,11,13H,6,10H2,1-2H3,(H2,19,20,21). The minimum absolute atomic E-state index is 0.0925. The Kier molecular flexibility index (Phi) is 6.15. The van der Waals surface area contributed by atoms with E-state index in [-0.39, 0.29) is 12.3 Å². The lowest BCUT2D eigenvalue weighted by Crippen LogP contribution is -2.37. The molecule has 0 spiro atoms. The summed E-state index contributed by atoms with van der Waals surface area (Å²) in [6.45, 7) is 3.98. The zero-order valence-electron chi connectivity index (χ0n) is 13.6. The van der Waals surface area contributed by atoms with E-state index in [9.17, 15) is 4.79 Å². The molecule has 0 saturated carbocycles. The molecule has 1 unspecified atom stereocenters. The number of amides is 1. The number of thioether (sulfide) groups is 1. The third kappa shape index (κ3) is 4.70. The Morgan fingerprint density at radius 3 is 2.71 bits per heavy atom. The van der Waals surface area contributed by atoms with Crippen molar-refractivity contribution in [1.29, 1.82) is 5.26 Å². The van der Waals surface area contributed by atoms with Crippen LogP contribution in [0, 0.1) is 18.3 Å². The van der Waals surface area contributed by atoms with Gasteiger partial charge >= 0.3 is 0 Å². The Hall–Kier alpha value is -2.59. The van der Waals surface area contributed by atoms with Crippen LogP contribution < -0.4 is 10.6 Å². The van der Waals surface area contributed by atoms with E-state index in [2.05, 4.69) is 16.0 Å². The van der Waals surface area contributed by atoms with Crippen molar-refractivity contribution in [2.24, 2.45) is 0 Å². The first kappa shape index (κ1) is 17.8. The van der Waals surface area contributed by atoms with Crippen LogP contribution in [0.3, 0.4) is 0 Å². The highest BCUT2D eigenvalue weighted by molar-refractivity contribution is 8.00. The first-order chi connectivity index (χ1) is 11.5. The Morgan fingerprint density at radius 1 is 1.38 bits per heavy atom. The van der Waals surface area contributed by atoms with E-state index in [4.69, 9.17) is 11.0 Å². The fourth-order valence-electron chi connectivity index (χ4n) is 2.18. The quantitative estimate of drug-likeness (QED) is 0.641. The van der Waals surface area contributed by atoms with Crippen molar-refractivity contribution in [2.75, 3.05) is 17.2 Å². The predicted molar refractivity (Wildman–Crippen MR) is 95.5 cm³/mol. The van der Waals surface area contributed by atoms with Crippen LogP contribution in [0.15, 0.2) is 41.6 Å². The van der Waals surface area contributed by atoms with Crippen LogP contribution in [0.2, 0.25) is 0 Å². The second-order valence-corrected chi connectivity index (χ2v) is 6.52. The fourth-order valence-corrected chi connectivity index (χ4v) is 3.08. The second-order valence-electron chi connectivity index (χ2n) is 5.21. The van der Waals surface area contributed by atoms with Gasteiger partial charge in [0.1, 0.15) is 5.82 Å². The second kappa shape index (κ2) is 8.31. The molecule has 124 valence electrons. The maximum atomic E-state index is 12.8. The summed E-state index contributed by atoms with van der Waals surface area (Å²) in [6, 6.07) is 13.1. The molecule has 24 heavy (non-hydrogen) atoms. The first-order valence-corrected chi connectivity index (χ1v) is 8.40. The van der Waals surface area contributed by atoms with Crippen LogP contribution >= 0.6 is 11.8 Å². The van der Waals surface area contributed by atoms with E-state index < -0.39 is 5.25 Å². The average Bonchev–Trinajstić information content (AvgIpc) is 2.55. The lowest BCUT2D eigenvalue weighted by Gasteiger charge is -2.24. The van der Waals surface area contributed by atoms with Gasteiger partial charge in [0.2, 0.25) is 5.91 Å². The van der Waals surface area contributed by atoms with E-state index in [1.807, 2.05) is 37.3 Å². The van der Waals surface area contributed by atoms with Crippen molar-refractivity contribution in [3.8, 4) is 6.07 Å². The molecule has 0 bridgehead atoms. The zero-order chi connectivity index (χ0) is 17.5. The molecule has 0 aliphatic heterocycles. The number of carbonyl (C=O) groups excluding carboxylic acids is 1. The number of anilines is 2. The molecule has 2 aromatic rings. The minimum Gasteiger partial charge on any atom is -0.384 e. The van der Waals surface area contributed by atoms with E-state index in [0.29, 0.717) is 17.5 Å². The van der Waals surface area contributed by atoms with Gasteiger partial charge in [0.05, 0.1) is 17.7 Å². The number of rotatable bonds is 6. The summed E-state index contributed by atoms with van der Waals surface area (Å²) in [5.41, 5.74) is 7.26. The third-order valence-electron chi connectivity index (χ3n) is 3.26. The van der Waals surface area contributed by atoms with Crippen molar-refractivity contribution < 1.29 is 4.79 Å². The third-order valence-corrected chi connectivity index (χ3v) is 4.21. The number of nitrogen functional groups attached to an aromatic ring is 1. The van der Waals surface area contributed by atoms with Gasteiger partial charge in [0.25, 0.3) is 0 Å². The first-order valence-electron chi connectivity index (χ1n) is 7.52. The van der Waals surface area contributed by atoms with Gasteiger partial charge in [-0.15, -0.1) is 0 Å². The molecule has 1 heterocycles. The lowest BCUT2D eigenvalue weighted by atomic mass is 10.2. The number of nitriles is 1. The average molecular weight is 341 g/mol. The van der Waals surface area contributed by atoms with Gasteiger partial charge in [-0.25, -0.2) is 9.97 Å². The number of nitrogens with zero attached hydrogens (tertiary/aromatic N) is 4. The fraction of sp³-hybridized carbons (Fsp3) is 0.294. The van der Waals surface area contributed by atoms with E-state index in [1.165, 1.54) is 11.8 Å². The van der Waals surface area contributed by atoms with Gasteiger partial charge in [-0.2, -0.15) is 5.26 Å². The smallest absolute Gasteiger partial charge is 0.240 e. The summed E-state index contributed by atoms with van der Waals surface area (Å²) < 4.78 is 0. The molecule has 2 rings (SSSR count). The molecular formula is C17H19N5OS. The molecule has 0 saturated heterocycles. The van der Waals surface area contributed by atoms with E-state index in [0.717, 1.165) is 11.4 Å².